The first-order valence-corrected chi connectivity index (χ1v) is 4.77. The van der Waals surface area contributed by atoms with E-state index in [9.17, 15) is 4.79 Å². The van der Waals surface area contributed by atoms with Gasteiger partial charge in [0.15, 0.2) is 0 Å². The van der Waals surface area contributed by atoms with Gasteiger partial charge in [-0.2, -0.15) is 0 Å². The number of primary amides is 1. The van der Waals surface area contributed by atoms with Crippen LogP contribution < -0.4 is 11.1 Å². The molecule has 1 saturated carbocycles. The zero-order valence-electron chi connectivity index (χ0n) is 8.08. The molecule has 1 fully saturated rings. The van der Waals surface area contributed by atoms with Gasteiger partial charge in [0, 0.05) is 13.7 Å². The lowest BCUT2D eigenvalue weighted by Gasteiger charge is -2.32. The number of carbonyl (C=O) groups is 1. The molecule has 1 aliphatic carbocycles. The maximum absolute atomic E-state index is 11.0. The Labute approximate surface area is 78.8 Å². The van der Waals surface area contributed by atoms with Crippen LogP contribution in [0.25, 0.3) is 0 Å². The summed E-state index contributed by atoms with van der Waals surface area (Å²) in [7, 11) is 1.64. The summed E-state index contributed by atoms with van der Waals surface area (Å²) in [6.07, 6.45) is 3.46. The van der Waals surface area contributed by atoms with Gasteiger partial charge in [-0.1, -0.05) is 6.42 Å². The lowest BCUT2D eigenvalue weighted by atomic mass is 9.79. The second-order valence-corrected chi connectivity index (χ2v) is 3.52. The molecule has 0 aromatic heterocycles. The highest BCUT2D eigenvalue weighted by Crippen LogP contribution is 2.29. The second kappa shape index (κ2) is 5.19. The van der Waals surface area contributed by atoms with E-state index in [1.54, 1.807) is 7.11 Å². The fourth-order valence-electron chi connectivity index (χ4n) is 1.59. The molecule has 4 heteroatoms. The van der Waals surface area contributed by atoms with Crippen LogP contribution in [0.3, 0.4) is 0 Å². The highest BCUT2D eigenvalue weighted by Gasteiger charge is 2.30. The number of nitrogens with two attached hydrogens (primary N) is 1. The minimum Gasteiger partial charge on any atom is -0.383 e. The van der Waals surface area contributed by atoms with Crippen LogP contribution in [0.5, 0.6) is 0 Å². The summed E-state index contributed by atoms with van der Waals surface area (Å²) >= 11 is 0. The zero-order valence-corrected chi connectivity index (χ0v) is 8.08. The van der Waals surface area contributed by atoms with E-state index in [1.165, 1.54) is 6.42 Å². The molecule has 1 amide bonds. The number of ether oxygens (including phenoxy) is 1. The standard InChI is InChI=1S/C9H18N2O2/c1-13-6-5-11-8(9(10)12)7-3-2-4-7/h7-8,11H,2-6H2,1H3,(H2,10,12). The monoisotopic (exact) mass is 186 g/mol. The molecule has 1 aliphatic rings. The lowest BCUT2D eigenvalue weighted by molar-refractivity contribution is -0.122. The Balaban J connectivity index is 2.25. The van der Waals surface area contributed by atoms with Crippen LogP contribution in [0.15, 0.2) is 0 Å². The fourth-order valence-corrected chi connectivity index (χ4v) is 1.59. The first-order chi connectivity index (χ1) is 6.25. The van der Waals surface area contributed by atoms with Gasteiger partial charge in [-0.05, 0) is 18.8 Å². The molecule has 0 aromatic carbocycles. The van der Waals surface area contributed by atoms with Crippen molar-refractivity contribution in [3.63, 3.8) is 0 Å². The summed E-state index contributed by atoms with van der Waals surface area (Å²) in [5.41, 5.74) is 5.29. The third kappa shape index (κ3) is 2.97. The molecule has 0 heterocycles. The number of hydrogen-bond acceptors (Lipinski definition) is 3. The largest absolute Gasteiger partial charge is 0.383 e. The van der Waals surface area contributed by atoms with Crippen LogP contribution in [-0.2, 0) is 9.53 Å². The number of carbonyl (C=O) groups excluding carboxylic acids is 1. The predicted octanol–water partition coefficient (Wildman–Crippen LogP) is -0.124. The molecule has 0 saturated heterocycles. The van der Waals surface area contributed by atoms with Crippen molar-refractivity contribution >= 4 is 5.91 Å². The quantitative estimate of drug-likeness (QED) is 0.568. The SMILES string of the molecule is COCCNC(C(N)=O)C1CCC1. The van der Waals surface area contributed by atoms with Gasteiger partial charge < -0.3 is 15.8 Å². The first kappa shape index (κ1) is 10.5. The predicted molar refractivity (Wildman–Crippen MR) is 50.2 cm³/mol. The summed E-state index contributed by atoms with van der Waals surface area (Å²) in [5, 5.41) is 3.12. The van der Waals surface area contributed by atoms with Crippen molar-refractivity contribution in [2.24, 2.45) is 11.7 Å². The molecule has 0 aliphatic heterocycles. The molecule has 0 bridgehead atoms. The van der Waals surface area contributed by atoms with Crippen molar-refractivity contribution in [2.75, 3.05) is 20.3 Å². The van der Waals surface area contributed by atoms with E-state index < -0.39 is 0 Å². The van der Waals surface area contributed by atoms with E-state index in [4.69, 9.17) is 10.5 Å². The molecular formula is C9H18N2O2. The lowest BCUT2D eigenvalue weighted by Crippen LogP contribution is -2.49. The van der Waals surface area contributed by atoms with Crippen LogP contribution in [0.2, 0.25) is 0 Å². The molecule has 1 unspecified atom stereocenters. The van der Waals surface area contributed by atoms with E-state index in [1.807, 2.05) is 0 Å². The maximum atomic E-state index is 11.0. The Morgan fingerprint density at radius 2 is 2.38 bits per heavy atom. The van der Waals surface area contributed by atoms with E-state index in [2.05, 4.69) is 5.32 Å². The average Bonchev–Trinajstić information content (AvgIpc) is 1.99. The molecular weight excluding hydrogens is 168 g/mol. The van der Waals surface area contributed by atoms with Crippen LogP contribution in [0.4, 0.5) is 0 Å². The Bertz CT molecular complexity index is 169. The third-order valence-corrected chi connectivity index (χ3v) is 2.60. The Kier molecular flexibility index (Phi) is 4.18. The molecule has 76 valence electrons. The summed E-state index contributed by atoms with van der Waals surface area (Å²) < 4.78 is 4.89. The number of methoxy groups -OCH3 is 1. The Morgan fingerprint density at radius 3 is 2.77 bits per heavy atom. The summed E-state index contributed by atoms with van der Waals surface area (Å²) in [6.45, 7) is 1.32. The van der Waals surface area contributed by atoms with Gasteiger partial charge in [-0.15, -0.1) is 0 Å². The van der Waals surface area contributed by atoms with Crippen LogP contribution in [-0.4, -0.2) is 32.2 Å². The molecule has 1 atom stereocenters. The van der Waals surface area contributed by atoms with Crippen molar-refractivity contribution in [1.82, 2.24) is 5.32 Å². The third-order valence-electron chi connectivity index (χ3n) is 2.60. The van der Waals surface area contributed by atoms with Gasteiger partial charge in [0.2, 0.25) is 5.91 Å². The molecule has 4 nitrogen and oxygen atoms in total. The molecule has 3 N–H and O–H groups in total. The number of nitrogens with one attached hydrogen (secondary N) is 1. The van der Waals surface area contributed by atoms with Crippen LogP contribution >= 0.6 is 0 Å². The van der Waals surface area contributed by atoms with Gasteiger partial charge in [-0.3, -0.25) is 4.79 Å². The fraction of sp³-hybridized carbons (Fsp3) is 0.889. The molecule has 0 radical (unpaired) electrons. The number of hydrogen-bond donors (Lipinski definition) is 2. The van der Waals surface area contributed by atoms with E-state index in [-0.39, 0.29) is 11.9 Å². The Hall–Kier alpha value is -0.610. The topological polar surface area (TPSA) is 64.3 Å². The summed E-state index contributed by atoms with van der Waals surface area (Å²) in [4.78, 5) is 11.0. The van der Waals surface area contributed by atoms with Gasteiger partial charge in [0.25, 0.3) is 0 Å². The average molecular weight is 186 g/mol. The van der Waals surface area contributed by atoms with E-state index in [0.717, 1.165) is 12.8 Å². The zero-order chi connectivity index (χ0) is 9.68. The number of amides is 1. The molecule has 13 heavy (non-hydrogen) atoms. The van der Waals surface area contributed by atoms with E-state index >= 15 is 0 Å². The van der Waals surface area contributed by atoms with Crippen LogP contribution in [0.1, 0.15) is 19.3 Å². The van der Waals surface area contributed by atoms with Crippen LogP contribution in [0, 0.1) is 5.92 Å². The molecule has 0 spiro atoms. The van der Waals surface area contributed by atoms with E-state index in [0.29, 0.717) is 19.1 Å². The smallest absolute Gasteiger partial charge is 0.234 e. The van der Waals surface area contributed by atoms with Gasteiger partial charge >= 0.3 is 0 Å². The van der Waals surface area contributed by atoms with Gasteiger partial charge in [-0.25, -0.2) is 0 Å². The van der Waals surface area contributed by atoms with Gasteiger partial charge in [0.1, 0.15) is 0 Å². The van der Waals surface area contributed by atoms with Crippen molar-refractivity contribution in [3.05, 3.63) is 0 Å². The van der Waals surface area contributed by atoms with Gasteiger partial charge in [0.05, 0.1) is 12.6 Å². The summed E-state index contributed by atoms with van der Waals surface area (Å²) in [5.74, 6) is 0.218. The highest BCUT2D eigenvalue weighted by atomic mass is 16.5. The first-order valence-electron chi connectivity index (χ1n) is 4.77. The van der Waals surface area contributed by atoms with Crippen molar-refractivity contribution in [2.45, 2.75) is 25.3 Å². The molecule has 1 rings (SSSR count). The van der Waals surface area contributed by atoms with Crippen molar-refractivity contribution in [1.29, 1.82) is 0 Å². The van der Waals surface area contributed by atoms with Crippen molar-refractivity contribution < 1.29 is 9.53 Å². The normalized spacial score (nSPS) is 19.5. The van der Waals surface area contributed by atoms with Crippen molar-refractivity contribution in [3.8, 4) is 0 Å². The highest BCUT2D eigenvalue weighted by molar-refractivity contribution is 5.80. The molecule has 0 aromatic rings. The maximum Gasteiger partial charge on any atom is 0.234 e. The number of rotatable bonds is 6. The minimum absolute atomic E-state index is 0.149. The summed E-state index contributed by atoms with van der Waals surface area (Å²) in [6, 6.07) is -0.149. The Morgan fingerprint density at radius 1 is 1.69 bits per heavy atom. The minimum atomic E-state index is -0.235. The second-order valence-electron chi connectivity index (χ2n) is 3.52.